The zero-order valence-electron chi connectivity index (χ0n) is 12.3. The molecule has 0 saturated carbocycles. The molecule has 1 atom stereocenters. The molecule has 21 heavy (non-hydrogen) atoms. The minimum absolute atomic E-state index is 0.00838. The van der Waals surface area contributed by atoms with Crippen LogP contribution >= 0.6 is 0 Å². The molecule has 7 nitrogen and oxygen atoms in total. The van der Waals surface area contributed by atoms with Gasteiger partial charge in [-0.25, -0.2) is 13.4 Å². The van der Waals surface area contributed by atoms with Gasteiger partial charge in [0.05, 0.1) is 0 Å². The Morgan fingerprint density at radius 3 is 2.81 bits per heavy atom. The number of carboxylic acids is 1. The standard InChI is InChI=1S/C13H21N3O4S/c1-3-15-9-12(14-10(15)2)21(19,20)16-6-4-5-11(8-16)7-13(17)18/h9,11H,3-8H2,1-2H3,(H,17,18). The van der Waals surface area contributed by atoms with Crippen molar-refractivity contribution in [2.75, 3.05) is 13.1 Å². The van der Waals surface area contributed by atoms with E-state index in [2.05, 4.69) is 4.98 Å². The summed E-state index contributed by atoms with van der Waals surface area (Å²) in [6.07, 6.45) is 2.99. The molecule has 1 fully saturated rings. The first kappa shape index (κ1) is 16.0. The molecule has 1 aromatic heterocycles. The Hall–Kier alpha value is -1.41. The van der Waals surface area contributed by atoms with Crippen molar-refractivity contribution < 1.29 is 18.3 Å². The lowest BCUT2D eigenvalue weighted by Gasteiger charge is -2.30. The highest BCUT2D eigenvalue weighted by Crippen LogP contribution is 2.25. The molecule has 1 aliphatic heterocycles. The summed E-state index contributed by atoms with van der Waals surface area (Å²) in [5.41, 5.74) is 0. The predicted octanol–water partition coefficient (Wildman–Crippen LogP) is 1.09. The third kappa shape index (κ3) is 3.44. The molecule has 1 saturated heterocycles. The molecule has 0 aromatic carbocycles. The maximum atomic E-state index is 12.6. The average Bonchev–Trinajstić information content (AvgIpc) is 2.80. The molecule has 0 bridgehead atoms. The van der Waals surface area contributed by atoms with Crippen LogP contribution in [0.25, 0.3) is 0 Å². The van der Waals surface area contributed by atoms with Crippen LogP contribution in [0.4, 0.5) is 0 Å². The van der Waals surface area contributed by atoms with Gasteiger partial charge in [0.15, 0.2) is 5.03 Å². The van der Waals surface area contributed by atoms with Gasteiger partial charge in [-0.15, -0.1) is 0 Å². The summed E-state index contributed by atoms with van der Waals surface area (Å²) < 4.78 is 28.4. The van der Waals surface area contributed by atoms with E-state index in [1.54, 1.807) is 17.7 Å². The second-order valence-electron chi connectivity index (χ2n) is 5.38. The zero-order chi connectivity index (χ0) is 15.6. The minimum atomic E-state index is -3.63. The van der Waals surface area contributed by atoms with Crippen LogP contribution < -0.4 is 0 Å². The average molecular weight is 315 g/mol. The summed E-state index contributed by atoms with van der Waals surface area (Å²) in [7, 11) is -3.63. The number of aliphatic carboxylic acids is 1. The topological polar surface area (TPSA) is 92.5 Å². The summed E-state index contributed by atoms with van der Waals surface area (Å²) >= 11 is 0. The fourth-order valence-corrected chi connectivity index (χ4v) is 4.26. The molecule has 0 spiro atoms. The fraction of sp³-hybridized carbons (Fsp3) is 0.692. The van der Waals surface area contributed by atoms with Crippen LogP contribution in [0.3, 0.4) is 0 Å². The largest absolute Gasteiger partial charge is 0.481 e. The molecule has 1 unspecified atom stereocenters. The predicted molar refractivity (Wildman–Crippen MR) is 76.4 cm³/mol. The van der Waals surface area contributed by atoms with Crippen molar-refractivity contribution in [3.63, 3.8) is 0 Å². The Kier molecular flexibility index (Phi) is 4.67. The van der Waals surface area contributed by atoms with E-state index >= 15 is 0 Å². The Balaban J connectivity index is 2.20. The SMILES string of the molecule is CCn1cc(S(=O)(=O)N2CCCC(CC(=O)O)C2)nc1C. The molecule has 118 valence electrons. The van der Waals surface area contributed by atoms with E-state index in [0.717, 1.165) is 6.42 Å². The van der Waals surface area contributed by atoms with Crippen LogP contribution in [0, 0.1) is 12.8 Å². The molecule has 0 amide bonds. The Morgan fingerprint density at radius 1 is 1.52 bits per heavy atom. The number of hydrogen-bond donors (Lipinski definition) is 1. The van der Waals surface area contributed by atoms with E-state index in [-0.39, 0.29) is 23.9 Å². The molecule has 1 N–H and O–H groups in total. The number of nitrogens with zero attached hydrogens (tertiary/aromatic N) is 3. The smallest absolute Gasteiger partial charge is 0.303 e. The lowest BCUT2D eigenvalue weighted by Crippen LogP contribution is -2.40. The first-order valence-corrected chi connectivity index (χ1v) is 8.54. The number of sulfonamides is 1. The summed E-state index contributed by atoms with van der Waals surface area (Å²) in [5.74, 6) is -0.346. The lowest BCUT2D eigenvalue weighted by molar-refractivity contribution is -0.138. The van der Waals surface area contributed by atoms with Gasteiger partial charge in [-0.3, -0.25) is 4.79 Å². The molecular weight excluding hydrogens is 294 g/mol. The van der Waals surface area contributed by atoms with Crippen LogP contribution in [-0.2, 0) is 21.4 Å². The summed E-state index contributed by atoms with van der Waals surface area (Å²) in [5, 5.41) is 8.91. The molecular formula is C13H21N3O4S. The third-order valence-electron chi connectivity index (χ3n) is 3.84. The van der Waals surface area contributed by atoms with Crippen molar-refractivity contribution in [1.29, 1.82) is 0 Å². The second-order valence-corrected chi connectivity index (χ2v) is 7.27. The fourth-order valence-electron chi connectivity index (χ4n) is 2.71. The maximum Gasteiger partial charge on any atom is 0.303 e. The van der Waals surface area contributed by atoms with Crippen LogP contribution in [-0.4, -0.2) is 46.4 Å². The van der Waals surface area contributed by atoms with E-state index in [1.165, 1.54) is 4.31 Å². The Morgan fingerprint density at radius 2 is 2.24 bits per heavy atom. The van der Waals surface area contributed by atoms with Gasteiger partial charge in [-0.1, -0.05) is 0 Å². The number of aryl methyl sites for hydroxylation is 2. The molecule has 8 heteroatoms. The quantitative estimate of drug-likeness (QED) is 0.878. The van der Waals surface area contributed by atoms with Gasteiger partial charge in [0, 0.05) is 32.3 Å². The van der Waals surface area contributed by atoms with E-state index < -0.39 is 16.0 Å². The summed E-state index contributed by atoms with van der Waals surface area (Å²) in [4.78, 5) is 14.9. The van der Waals surface area contributed by atoms with Gasteiger partial charge in [-0.05, 0) is 32.6 Å². The van der Waals surface area contributed by atoms with Gasteiger partial charge in [0.25, 0.3) is 10.0 Å². The number of aromatic nitrogens is 2. The van der Waals surface area contributed by atoms with Gasteiger partial charge in [0.1, 0.15) is 5.82 Å². The number of carbonyl (C=O) groups is 1. The van der Waals surface area contributed by atoms with Crippen molar-refractivity contribution in [2.24, 2.45) is 5.92 Å². The Bertz CT molecular complexity index is 623. The van der Waals surface area contributed by atoms with E-state index in [0.29, 0.717) is 25.3 Å². The summed E-state index contributed by atoms with van der Waals surface area (Å²) in [6.45, 7) is 5.04. The lowest BCUT2D eigenvalue weighted by atomic mass is 9.96. The van der Waals surface area contributed by atoms with Crippen LogP contribution in [0.2, 0.25) is 0 Å². The second kappa shape index (κ2) is 6.15. The normalized spacial score (nSPS) is 20.6. The molecule has 1 aromatic rings. The van der Waals surface area contributed by atoms with Crippen molar-refractivity contribution in [3.05, 3.63) is 12.0 Å². The Labute approximate surface area is 124 Å². The van der Waals surface area contributed by atoms with E-state index in [1.807, 2.05) is 6.92 Å². The molecule has 0 aliphatic carbocycles. The monoisotopic (exact) mass is 315 g/mol. The number of carboxylic acid groups (broad SMARTS) is 1. The highest BCUT2D eigenvalue weighted by atomic mass is 32.2. The minimum Gasteiger partial charge on any atom is -0.481 e. The molecule has 2 rings (SSSR count). The van der Waals surface area contributed by atoms with Gasteiger partial charge in [0.2, 0.25) is 0 Å². The van der Waals surface area contributed by atoms with Crippen LogP contribution in [0.15, 0.2) is 11.2 Å². The highest BCUT2D eigenvalue weighted by molar-refractivity contribution is 7.89. The molecule has 2 heterocycles. The van der Waals surface area contributed by atoms with Gasteiger partial charge < -0.3 is 9.67 Å². The first-order valence-electron chi connectivity index (χ1n) is 7.10. The van der Waals surface area contributed by atoms with E-state index in [9.17, 15) is 13.2 Å². The van der Waals surface area contributed by atoms with E-state index in [4.69, 9.17) is 5.11 Å². The maximum absolute atomic E-state index is 12.6. The third-order valence-corrected chi connectivity index (χ3v) is 5.58. The number of imidazole rings is 1. The highest BCUT2D eigenvalue weighted by Gasteiger charge is 2.32. The van der Waals surface area contributed by atoms with Crippen LogP contribution in [0.5, 0.6) is 0 Å². The number of hydrogen-bond acceptors (Lipinski definition) is 4. The number of rotatable bonds is 5. The van der Waals surface area contributed by atoms with Crippen molar-refractivity contribution in [1.82, 2.24) is 13.9 Å². The molecule has 0 radical (unpaired) electrons. The summed E-state index contributed by atoms with van der Waals surface area (Å²) in [6, 6.07) is 0. The van der Waals surface area contributed by atoms with Crippen molar-refractivity contribution in [3.8, 4) is 0 Å². The van der Waals surface area contributed by atoms with Crippen LogP contribution in [0.1, 0.15) is 32.0 Å². The van der Waals surface area contributed by atoms with Crippen molar-refractivity contribution >= 4 is 16.0 Å². The number of piperidine rings is 1. The van der Waals surface area contributed by atoms with Crippen molar-refractivity contribution in [2.45, 2.75) is 44.7 Å². The van der Waals surface area contributed by atoms with Gasteiger partial charge >= 0.3 is 5.97 Å². The zero-order valence-corrected chi connectivity index (χ0v) is 13.1. The molecule has 1 aliphatic rings. The first-order chi connectivity index (χ1) is 9.84. The van der Waals surface area contributed by atoms with Gasteiger partial charge in [-0.2, -0.15) is 4.31 Å².